The van der Waals surface area contributed by atoms with E-state index in [1.54, 1.807) is 18.2 Å². The molecule has 0 spiro atoms. The number of carbonyl (C=O) groups excluding carboxylic acids is 2. The van der Waals surface area contributed by atoms with Crippen LogP contribution in [0.25, 0.3) is 0 Å². The summed E-state index contributed by atoms with van der Waals surface area (Å²) < 4.78 is 10.9. The van der Waals surface area contributed by atoms with Crippen LogP contribution in [-0.2, 0) is 4.79 Å². The molecule has 2 saturated carbocycles. The fraction of sp³-hybridized carbons (Fsp3) is 0.619. The molecule has 1 aromatic carbocycles. The molecule has 0 heterocycles. The zero-order valence-electron chi connectivity index (χ0n) is 16.3. The van der Waals surface area contributed by atoms with Crippen LogP contribution in [0, 0.1) is 16.7 Å². The molecule has 2 fully saturated rings. The second kappa shape index (κ2) is 6.60. The average molecular weight is 359 g/mol. The van der Waals surface area contributed by atoms with Gasteiger partial charge in [-0.15, -0.1) is 0 Å². The lowest BCUT2D eigenvalue weighted by Gasteiger charge is -2.39. The van der Waals surface area contributed by atoms with Gasteiger partial charge in [-0.3, -0.25) is 9.59 Å². The number of ketones is 1. The van der Waals surface area contributed by atoms with Crippen molar-refractivity contribution in [1.82, 2.24) is 5.32 Å². The SMILES string of the molecule is COc1cc(C(C)=O)ccc1OCC(=O)N[C@H]1C[C@H]2CC[C@@]1(C)C2(C)C. The van der Waals surface area contributed by atoms with Crippen LogP contribution in [0.4, 0.5) is 0 Å². The Labute approximate surface area is 155 Å². The number of rotatable bonds is 6. The number of hydrogen-bond donors (Lipinski definition) is 1. The van der Waals surface area contributed by atoms with Crippen molar-refractivity contribution >= 4 is 11.7 Å². The van der Waals surface area contributed by atoms with Gasteiger partial charge in [-0.1, -0.05) is 20.8 Å². The normalized spacial score (nSPS) is 28.7. The molecule has 0 saturated heterocycles. The van der Waals surface area contributed by atoms with E-state index in [0.29, 0.717) is 23.0 Å². The van der Waals surface area contributed by atoms with E-state index in [-0.39, 0.29) is 35.2 Å². The first-order valence-electron chi connectivity index (χ1n) is 9.30. The van der Waals surface area contributed by atoms with Gasteiger partial charge in [-0.2, -0.15) is 0 Å². The Morgan fingerprint density at radius 1 is 1.23 bits per heavy atom. The summed E-state index contributed by atoms with van der Waals surface area (Å²) in [6, 6.07) is 5.19. The van der Waals surface area contributed by atoms with Gasteiger partial charge in [-0.25, -0.2) is 0 Å². The van der Waals surface area contributed by atoms with E-state index in [1.165, 1.54) is 20.5 Å². The van der Waals surface area contributed by atoms with Crippen molar-refractivity contribution in [2.75, 3.05) is 13.7 Å². The second-order valence-corrected chi connectivity index (χ2v) is 8.44. The summed E-state index contributed by atoms with van der Waals surface area (Å²) in [5.41, 5.74) is 0.960. The minimum Gasteiger partial charge on any atom is -0.493 e. The smallest absolute Gasteiger partial charge is 0.258 e. The van der Waals surface area contributed by atoms with Crippen molar-refractivity contribution in [3.63, 3.8) is 0 Å². The van der Waals surface area contributed by atoms with E-state index in [4.69, 9.17) is 9.47 Å². The topological polar surface area (TPSA) is 64.6 Å². The average Bonchev–Trinajstić information content (AvgIpc) is 2.93. The fourth-order valence-corrected chi connectivity index (χ4v) is 4.81. The predicted molar refractivity (Wildman–Crippen MR) is 99.7 cm³/mol. The number of benzene rings is 1. The van der Waals surface area contributed by atoms with E-state index in [9.17, 15) is 9.59 Å². The van der Waals surface area contributed by atoms with Gasteiger partial charge in [0.2, 0.25) is 0 Å². The zero-order chi connectivity index (χ0) is 19.1. The van der Waals surface area contributed by atoms with Crippen LogP contribution in [0.3, 0.4) is 0 Å². The molecule has 0 aromatic heterocycles. The van der Waals surface area contributed by atoms with Crippen molar-refractivity contribution in [2.45, 2.75) is 53.0 Å². The summed E-state index contributed by atoms with van der Waals surface area (Å²) in [5.74, 6) is 1.45. The van der Waals surface area contributed by atoms with E-state index in [0.717, 1.165) is 12.8 Å². The number of carbonyl (C=O) groups is 2. The number of nitrogens with one attached hydrogen (secondary N) is 1. The molecule has 3 atom stereocenters. The van der Waals surface area contributed by atoms with Crippen LogP contribution in [0.1, 0.15) is 57.3 Å². The largest absolute Gasteiger partial charge is 0.493 e. The van der Waals surface area contributed by atoms with E-state index in [1.807, 2.05) is 0 Å². The molecule has 1 N–H and O–H groups in total. The van der Waals surface area contributed by atoms with Crippen LogP contribution in [0.5, 0.6) is 11.5 Å². The van der Waals surface area contributed by atoms with Gasteiger partial charge < -0.3 is 14.8 Å². The molecule has 3 rings (SSSR count). The van der Waals surface area contributed by atoms with Crippen molar-refractivity contribution < 1.29 is 19.1 Å². The third kappa shape index (κ3) is 2.97. The van der Waals surface area contributed by atoms with Crippen molar-refractivity contribution in [2.24, 2.45) is 16.7 Å². The van der Waals surface area contributed by atoms with E-state index < -0.39 is 0 Å². The molecule has 1 amide bonds. The summed E-state index contributed by atoms with van der Waals surface area (Å²) in [6.07, 6.45) is 3.47. The molecule has 2 aliphatic rings. The van der Waals surface area contributed by atoms with Crippen LogP contribution in [0.2, 0.25) is 0 Å². The third-order valence-corrected chi connectivity index (χ3v) is 7.06. The minimum atomic E-state index is -0.114. The van der Waals surface area contributed by atoms with Crippen LogP contribution in [-0.4, -0.2) is 31.4 Å². The van der Waals surface area contributed by atoms with Crippen molar-refractivity contribution in [3.05, 3.63) is 23.8 Å². The number of ether oxygens (including phenoxy) is 2. The first-order chi connectivity index (χ1) is 12.2. The van der Waals surface area contributed by atoms with E-state index >= 15 is 0 Å². The van der Waals surface area contributed by atoms with Gasteiger partial charge in [-0.05, 0) is 61.1 Å². The Balaban J connectivity index is 1.61. The molecule has 0 radical (unpaired) electrons. The van der Waals surface area contributed by atoms with Gasteiger partial charge in [0.25, 0.3) is 5.91 Å². The van der Waals surface area contributed by atoms with Crippen LogP contribution in [0.15, 0.2) is 18.2 Å². The fourth-order valence-electron chi connectivity index (χ4n) is 4.81. The van der Waals surface area contributed by atoms with Crippen LogP contribution < -0.4 is 14.8 Å². The summed E-state index contributed by atoms with van der Waals surface area (Å²) in [5, 5.41) is 3.18. The monoisotopic (exact) mass is 359 g/mol. The zero-order valence-corrected chi connectivity index (χ0v) is 16.3. The molecule has 26 heavy (non-hydrogen) atoms. The lowest BCUT2D eigenvalue weighted by Crippen LogP contribution is -2.48. The highest BCUT2D eigenvalue weighted by Crippen LogP contribution is 2.65. The Bertz CT molecular complexity index is 727. The summed E-state index contributed by atoms with van der Waals surface area (Å²) in [7, 11) is 1.52. The Kier molecular flexibility index (Phi) is 4.76. The first-order valence-corrected chi connectivity index (χ1v) is 9.30. The molecule has 0 unspecified atom stereocenters. The molecule has 1 aromatic rings. The number of hydrogen-bond acceptors (Lipinski definition) is 4. The minimum absolute atomic E-state index is 0.0419. The Morgan fingerprint density at radius 3 is 2.50 bits per heavy atom. The van der Waals surface area contributed by atoms with Crippen LogP contribution >= 0.6 is 0 Å². The van der Waals surface area contributed by atoms with Crippen molar-refractivity contribution in [1.29, 1.82) is 0 Å². The summed E-state index contributed by atoms with van der Waals surface area (Å²) >= 11 is 0. The quantitative estimate of drug-likeness (QED) is 0.788. The van der Waals surface area contributed by atoms with E-state index in [2.05, 4.69) is 26.1 Å². The molecular formula is C21H29NO4. The number of amides is 1. The molecule has 0 aliphatic heterocycles. The van der Waals surface area contributed by atoms with Gasteiger partial charge in [0.05, 0.1) is 7.11 Å². The standard InChI is InChI=1S/C21H29NO4/c1-13(23)14-6-7-16(17(10-14)25-5)26-12-19(24)22-18-11-15-8-9-21(18,4)20(15,2)3/h6-7,10,15,18H,8-9,11-12H2,1-5H3,(H,22,24)/t15-,18+,21-/m1/s1. The second-order valence-electron chi connectivity index (χ2n) is 8.44. The third-order valence-electron chi connectivity index (χ3n) is 7.06. The maximum Gasteiger partial charge on any atom is 0.258 e. The molecule has 142 valence electrons. The van der Waals surface area contributed by atoms with Crippen molar-refractivity contribution in [3.8, 4) is 11.5 Å². The summed E-state index contributed by atoms with van der Waals surface area (Å²) in [4.78, 5) is 23.9. The van der Waals surface area contributed by atoms with Gasteiger partial charge in [0, 0.05) is 11.6 Å². The number of methoxy groups -OCH3 is 1. The highest BCUT2D eigenvalue weighted by Gasteiger charge is 2.61. The highest BCUT2D eigenvalue weighted by atomic mass is 16.5. The number of fused-ring (bicyclic) bond motifs is 2. The Morgan fingerprint density at radius 2 is 1.96 bits per heavy atom. The molecule has 5 nitrogen and oxygen atoms in total. The lowest BCUT2D eigenvalue weighted by molar-refractivity contribution is -0.124. The van der Waals surface area contributed by atoms with Gasteiger partial charge >= 0.3 is 0 Å². The highest BCUT2D eigenvalue weighted by molar-refractivity contribution is 5.94. The van der Waals surface area contributed by atoms with Gasteiger partial charge in [0.1, 0.15) is 0 Å². The lowest BCUT2D eigenvalue weighted by atomic mass is 9.69. The maximum atomic E-state index is 12.4. The predicted octanol–water partition coefficient (Wildman–Crippen LogP) is 3.61. The molecule has 2 bridgehead atoms. The maximum absolute atomic E-state index is 12.4. The molecular weight excluding hydrogens is 330 g/mol. The number of Topliss-reactive ketones (excluding diaryl/α,β-unsaturated/α-hetero) is 1. The molecule has 2 aliphatic carbocycles. The first kappa shape index (κ1) is 18.7. The van der Waals surface area contributed by atoms with Gasteiger partial charge in [0.15, 0.2) is 23.9 Å². The summed E-state index contributed by atoms with van der Waals surface area (Å²) in [6.45, 7) is 8.40. The molecule has 5 heteroatoms. The Hall–Kier alpha value is -2.04.